The molecule has 0 spiro atoms. The first-order chi connectivity index (χ1) is 10.1. The second-order valence-electron chi connectivity index (χ2n) is 4.91. The number of aliphatic hydroxyl groups excluding tert-OH is 1. The van der Waals surface area contributed by atoms with Crippen LogP contribution in [0.4, 0.5) is 0 Å². The highest BCUT2D eigenvalue weighted by Crippen LogP contribution is 2.03. The van der Waals surface area contributed by atoms with Gasteiger partial charge in [-0.2, -0.15) is 0 Å². The summed E-state index contributed by atoms with van der Waals surface area (Å²) >= 11 is 0. The van der Waals surface area contributed by atoms with Gasteiger partial charge in [-0.1, -0.05) is 25.7 Å². The quantitative estimate of drug-likeness (QED) is 0.585. The molecule has 0 aliphatic heterocycles. The van der Waals surface area contributed by atoms with Crippen molar-refractivity contribution in [2.45, 2.75) is 20.3 Å². The Bertz CT molecular complexity index is 504. The van der Waals surface area contributed by atoms with Crippen molar-refractivity contribution in [1.29, 1.82) is 0 Å². The van der Waals surface area contributed by atoms with E-state index in [9.17, 15) is 4.79 Å². The molecule has 0 atom stereocenters. The van der Waals surface area contributed by atoms with Gasteiger partial charge in [-0.25, -0.2) is 4.98 Å². The molecule has 0 unspecified atom stereocenters. The van der Waals surface area contributed by atoms with Gasteiger partial charge in [0.1, 0.15) is 12.3 Å². The highest BCUT2D eigenvalue weighted by molar-refractivity contribution is 5.94. The molecule has 0 aliphatic carbocycles. The number of ether oxygens (including phenoxy) is 1. The Morgan fingerprint density at radius 2 is 2.29 bits per heavy atom. The summed E-state index contributed by atoms with van der Waals surface area (Å²) in [7, 11) is 0. The second-order valence-corrected chi connectivity index (χ2v) is 4.91. The van der Waals surface area contributed by atoms with Gasteiger partial charge in [-0.3, -0.25) is 4.79 Å². The zero-order chi connectivity index (χ0) is 15.5. The molecule has 0 aromatic carbocycles. The van der Waals surface area contributed by atoms with E-state index in [4.69, 9.17) is 9.84 Å². The molecule has 1 aromatic heterocycles. The van der Waals surface area contributed by atoms with Gasteiger partial charge >= 0.3 is 0 Å². The van der Waals surface area contributed by atoms with E-state index in [-0.39, 0.29) is 18.2 Å². The lowest BCUT2D eigenvalue weighted by Gasteiger charge is -2.08. The van der Waals surface area contributed by atoms with Crippen molar-refractivity contribution in [2.24, 2.45) is 5.92 Å². The monoisotopic (exact) mass is 290 g/mol. The van der Waals surface area contributed by atoms with E-state index >= 15 is 0 Å². The Labute approximate surface area is 125 Å². The van der Waals surface area contributed by atoms with E-state index in [1.807, 2.05) is 0 Å². The van der Waals surface area contributed by atoms with Crippen LogP contribution in [0.3, 0.4) is 0 Å². The molecule has 1 heterocycles. The number of rotatable bonds is 7. The van der Waals surface area contributed by atoms with E-state index in [0.717, 1.165) is 6.42 Å². The molecule has 2 N–H and O–H groups in total. The van der Waals surface area contributed by atoms with Gasteiger partial charge in [0.05, 0.1) is 12.2 Å². The maximum atomic E-state index is 12.0. The molecule has 0 radical (unpaired) electrons. The maximum Gasteiger partial charge on any atom is 0.271 e. The number of aromatic nitrogens is 1. The lowest BCUT2D eigenvalue weighted by atomic mass is 10.1. The van der Waals surface area contributed by atoms with E-state index < -0.39 is 0 Å². The summed E-state index contributed by atoms with van der Waals surface area (Å²) in [5, 5.41) is 11.5. The van der Waals surface area contributed by atoms with Gasteiger partial charge < -0.3 is 15.2 Å². The first-order valence-corrected chi connectivity index (χ1v) is 7.05. The molecule has 0 fully saturated rings. The summed E-state index contributed by atoms with van der Waals surface area (Å²) in [6.07, 6.45) is 2.55. The summed E-state index contributed by atoms with van der Waals surface area (Å²) in [6.45, 7) is 5.63. The molecule has 114 valence electrons. The molecule has 0 aliphatic rings. The zero-order valence-corrected chi connectivity index (χ0v) is 12.6. The number of carbonyl (C=O) groups is 1. The number of aliphatic hydroxyl groups is 1. The fourth-order valence-corrected chi connectivity index (χ4v) is 1.56. The molecule has 0 saturated carbocycles. The minimum Gasteiger partial charge on any atom is -0.384 e. The Balaban J connectivity index is 2.42. The molecule has 5 heteroatoms. The third kappa shape index (κ3) is 6.89. The van der Waals surface area contributed by atoms with Crippen molar-refractivity contribution in [1.82, 2.24) is 10.3 Å². The summed E-state index contributed by atoms with van der Waals surface area (Å²) in [5.74, 6) is 5.55. The third-order valence-electron chi connectivity index (χ3n) is 2.70. The highest BCUT2D eigenvalue weighted by atomic mass is 16.5. The van der Waals surface area contributed by atoms with E-state index in [1.165, 1.54) is 6.20 Å². The number of hydrogen-bond donors (Lipinski definition) is 2. The van der Waals surface area contributed by atoms with Crippen molar-refractivity contribution in [3.05, 3.63) is 29.6 Å². The fraction of sp³-hybridized carbons (Fsp3) is 0.500. The Morgan fingerprint density at radius 1 is 1.48 bits per heavy atom. The molecule has 1 amide bonds. The molecule has 1 rings (SSSR count). The SMILES string of the molecule is CC(C)CCOCCNC(=O)c1ncccc1C#CCO. The van der Waals surface area contributed by atoms with Crippen molar-refractivity contribution in [3.63, 3.8) is 0 Å². The predicted octanol–water partition coefficient (Wildman–Crippen LogP) is 1.22. The van der Waals surface area contributed by atoms with Crippen LogP contribution in [-0.2, 0) is 4.74 Å². The standard InChI is InChI=1S/C16H22N2O3/c1-13(2)7-11-21-12-9-18-16(20)15-14(6-4-10-19)5-3-8-17-15/h3,5,8,13,19H,7,9-12H2,1-2H3,(H,18,20). The first kappa shape index (κ1) is 17.2. The molecule has 21 heavy (non-hydrogen) atoms. The van der Waals surface area contributed by atoms with Crippen molar-refractivity contribution < 1.29 is 14.6 Å². The van der Waals surface area contributed by atoms with Crippen LogP contribution in [0, 0.1) is 17.8 Å². The predicted molar refractivity (Wildman–Crippen MR) is 80.8 cm³/mol. The lowest BCUT2D eigenvalue weighted by Crippen LogP contribution is -2.28. The minimum absolute atomic E-state index is 0.250. The summed E-state index contributed by atoms with van der Waals surface area (Å²) in [4.78, 5) is 16.0. The van der Waals surface area contributed by atoms with Crippen LogP contribution >= 0.6 is 0 Å². The summed E-state index contributed by atoms with van der Waals surface area (Å²) in [6, 6.07) is 3.40. The topological polar surface area (TPSA) is 71.5 Å². The zero-order valence-electron chi connectivity index (χ0n) is 12.6. The fourth-order valence-electron chi connectivity index (χ4n) is 1.56. The van der Waals surface area contributed by atoms with Crippen molar-refractivity contribution >= 4 is 5.91 Å². The van der Waals surface area contributed by atoms with E-state index in [0.29, 0.717) is 31.2 Å². The molecule has 0 bridgehead atoms. The maximum absolute atomic E-state index is 12.0. The van der Waals surface area contributed by atoms with Gasteiger partial charge in [-0.05, 0) is 24.5 Å². The number of amides is 1. The second kappa shape index (κ2) is 9.92. The van der Waals surface area contributed by atoms with Gasteiger partial charge in [0.15, 0.2) is 0 Å². The van der Waals surface area contributed by atoms with E-state index in [2.05, 4.69) is 36.0 Å². The van der Waals surface area contributed by atoms with Crippen molar-refractivity contribution in [2.75, 3.05) is 26.4 Å². The van der Waals surface area contributed by atoms with Crippen LogP contribution in [0.25, 0.3) is 0 Å². The first-order valence-electron chi connectivity index (χ1n) is 7.05. The van der Waals surface area contributed by atoms with Crippen LogP contribution in [0.15, 0.2) is 18.3 Å². The van der Waals surface area contributed by atoms with Gasteiger partial charge in [0.25, 0.3) is 5.91 Å². The van der Waals surface area contributed by atoms with Crippen molar-refractivity contribution in [3.8, 4) is 11.8 Å². The average Bonchev–Trinajstić information content (AvgIpc) is 2.48. The summed E-state index contributed by atoms with van der Waals surface area (Å²) < 4.78 is 5.43. The molecule has 0 saturated heterocycles. The van der Waals surface area contributed by atoms with Gasteiger partial charge in [-0.15, -0.1) is 0 Å². The molecule has 1 aromatic rings. The highest BCUT2D eigenvalue weighted by Gasteiger charge is 2.10. The molecule has 5 nitrogen and oxygen atoms in total. The normalized spacial score (nSPS) is 10.1. The van der Waals surface area contributed by atoms with Crippen LogP contribution in [-0.4, -0.2) is 42.4 Å². The Morgan fingerprint density at radius 3 is 3.00 bits per heavy atom. The minimum atomic E-state index is -0.287. The number of pyridine rings is 1. The molecular weight excluding hydrogens is 268 g/mol. The number of nitrogens with one attached hydrogen (secondary N) is 1. The Kier molecular flexibility index (Phi) is 8.10. The summed E-state index contributed by atoms with van der Waals surface area (Å²) in [5.41, 5.74) is 0.769. The number of carbonyl (C=O) groups excluding carboxylic acids is 1. The average molecular weight is 290 g/mol. The number of nitrogens with zero attached hydrogens (tertiary/aromatic N) is 1. The van der Waals surface area contributed by atoms with Gasteiger partial charge in [0.2, 0.25) is 0 Å². The van der Waals surface area contributed by atoms with Crippen LogP contribution in [0.2, 0.25) is 0 Å². The van der Waals surface area contributed by atoms with Crippen LogP contribution < -0.4 is 5.32 Å². The lowest BCUT2D eigenvalue weighted by molar-refractivity contribution is 0.0901. The van der Waals surface area contributed by atoms with Gasteiger partial charge in [0, 0.05) is 19.3 Å². The van der Waals surface area contributed by atoms with Crippen LogP contribution in [0.5, 0.6) is 0 Å². The third-order valence-corrected chi connectivity index (χ3v) is 2.70. The smallest absolute Gasteiger partial charge is 0.271 e. The van der Waals surface area contributed by atoms with E-state index in [1.54, 1.807) is 12.1 Å². The Hall–Kier alpha value is -1.90. The number of hydrogen-bond acceptors (Lipinski definition) is 4. The largest absolute Gasteiger partial charge is 0.384 e. The molecular formula is C16H22N2O3. The van der Waals surface area contributed by atoms with Crippen LogP contribution in [0.1, 0.15) is 36.3 Å².